The highest BCUT2D eigenvalue weighted by Gasteiger charge is 2.16. The number of nitrogens with one attached hydrogen (secondary N) is 5. The van der Waals surface area contributed by atoms with Crippen LogP contribution in [0.3, 0.4) is 0 Å². The number of rotatable bonds is 12. The number of pyridine rings is 1. The van der Waals surface area contributed by atoms with Crippen LogP contribution in [0.1, 0.15) is 39.2 Å². The molecule has 1 amide bonds. The number of hydrogen-bond acceptors (Lipinski definition) is 6. The molecule has 9 heteroatoms. The number of guanidine groups is 1. The Balaban J connectivity index is 1.62. The fourth-order valence-corrected chi connectivity index (χ4v) is 5.29. The molecule has 1 aliphatic heterocycles. The van der Waals surface area contributed by atoms with Crippen LogP contribution in [0.25, 0.3) is 22.0 Å². The molecule has 0 atom stereocenters. The van der Waals surface area contributed by atoms with Gasteiger partial charge in [0.1, 0.15) is 5.82 Å². The normalized spacial score (nSPS) is 14.7. The predicted octanol–water partition coefficient (Wildman–Crippen LogP) is 5.75. The second kappa shape index (κ2) is 16.4. The Morgan fingerprint density at radius 1 is 1.16 bits per heavy atom. The largest absolute Gasteiger partial charge is 0.367 e. The van der Waals surface area contributed by atoms with Crippen molar-refractivity contribution in [3.05, 3.63) is 96.5 Å². The third kappa shape index (κ3) is 9.12. The van der Waals surface area contributed by atoms with Crippen LogP contribution in [0.15, 0.2) is 101 Å². The van der Waals surface area contributed by atoms with Crippen LogP contribution in [0.4, 0.5) is 5.69 Å². The molecule has 45 heavy (non-hydrogen) atoms. The fraction of sp³-hybridized carbons (Fsp3) is 0.333. The van der Waals surface area contributed by atoms with Crippen molar-refractivity contribution < 1.29 is 4.79 Å². The summed E-state index contributed by atoms with van der Waals surface area (Å²) in [6.07, 6.45) is 7.58. The van der Waals surface area contributed by atoms with E-state index in [4.69, 9.17) is 9.98 Å². The standard InChI is InChI=1S/C36H46N8O/c1-7-30(24(2)3)34(44-36(42-23-37-6)41-21-26-14-17-38-18-15-26)40-22-28-10-8-9-11-31(28)33-32-13-12-29(43-35(45)25(4)5)20-27(32)16-19-39-33/h7-13,16,19-20,23-24,26,38,40H,1,4,14-15,17-18,21-22H2,2-3,5-6H3,(H,43,45)(H2,37,41,42,44)/b34-30-. The number of benzene rings is 2. The van der Waals surface area contributed by atoms with Gasteiger partial charge in [-0.15, -0.1) is 0 Å². The van der Waals surface area contributed by atoms with Gasteiger partial charge in [-0.05, 0) is 79.4 Å². The Hall–Kier alpha value is -4.76. The monoisotopic (exact) mass is 606 g/mol. The number of allylic oxidation sites excluding steroid dienone is 2. The van der Waals surface area contributed by atoms with Crippen LogP contribution in [0.5, 0.6) is 0 Å². The zero-order valence-corrected chi connectivity index (χ0v) is 26.9. The number of hydrogen-bond donors (Lipinski definition) is 5. The minimum atomic E-state index is -0.200. The van der Waals surface area contributed by atoms with E-state index in [2.05, 4.69) is 70.7 Å². The van der Waals surface area contributed by atoms with Gasteiger partial charge in [0.15, 0.2) is 0 Å². The summed E-state index contributed by atoms with van der Waals surface area (Å²) in [7, 11) is 1.73. The molecule has 3 aromatic rings. The zero-order chi connectivity index (χ0) is 32.2. The van der Waals surface area contributed by atoms with Gasteiger partial charge in [0, 0.05) is 48.5 Å². The van der Waals surface area contributed by atoms with E-state index < -0.39 is 0 Å². The second-order valence-corrected chi connectivity index (χ2v) is 11.6. The molecule has 0 spiro atoms. The van der Waals surface area contributed by atoms with Gasteiger partial charge in [0.05, 0.1) is 12.0 Å². The molecular formula is C36H46N8O. The van der Waals surface area contributed by atoms with Gasteiger partial charge in [-0.1, -0.05) is 63.4 Å². The molecule has 236 valence electrons. The van der Waals surface area contributed by atoms with E-state index in [-0.39, 0.29) is 11.8 Å². The molecular weight excluding hydrogens is 560 g/mol. The number of aliphatic imine (C=N–C) groups is 2. The number of anilines is 1. The molecule has 2 heterocycles. The van der Waals surface area contributed by atoms with Crippen LogP contribution >= 0.6 is 0 Å². The number of aromatic nitrogens is 1. The lowest BCUT2D eigenvalue weighted by atomic mass is 9.98. The van der Waals surface area contributed by atoms with Crippen molar-refractivity contribution in [2.24, 2.45) is 21.8 Å². The molecule has 5 N–H and O–H groups in total. The quantitative estimate of drug-likeness (QED) is 0.0776. The van der Waals surface area contributed by atoms with E-state index >= 15 is 0 Å². The predicted molar refractivity (Wildman–Crippen MR) is 188 cm³/mol. The summed E-state index contributed by atoms with van der Waals surface area (Å²) < 4.78 is 0. The van der Waals surface area contributed by atoms with Crippen molar-refractivity contribution in [3.63, 3.8) is 0 Å². The average Bonchev–Trinajstić information content (AvgIpc) is 3.05. The van der Waals surface area contributed by atoms with Crippen molar-refractivity contribution in [1.82, 2.24) is 26.3 Å². The SMILES string of the molecule is C=C/C(=C(\NCc1ccccc1-c1nccc2cc(NC(=O)C(=C)C)ccc12)NC(=NCC1CCNCC1)NC=NC)C(C)C. The summed E-state index contributed by atoms with van der Waals surface area (Å²) in [6, 6.07) is 16.1. The van der Waals surface area contributed by atoms with Gasteiger partial charge >= 0.3 is 0 Å². The Kier molecular flexibility index (Phi) is 12.0. The molecule has 1 aromatic heterocycles. The molecule has 4 rings (SSSR count). The molecule has 0 aliphatic carbocycles. The Morgan fingerprint density at radius 2 is 1.93 bits per heavy atom. The van der Waals surface area contributed by atoms with E-state index in [0.29, 0.717) is 29.7 Å². The Labute approximate surface area is 267 Å². The minimum Gasteiger partial charge on any atom is -0.367 e. The third-order valence-electron chi connectivity index (χ3n) is 7.81. The second-order valence-electron chi connectivity index (χ2n) is 11.6. The van der Waals surface area contributed by atoms with E-state index in [1.54, 1.807) is 26.5 Å². The van der Waals surface area contributed by atoms with Crippen molar-refractivity contribution in [3.8, 4) is 11.3 Å². The van der Waals surface area contributed by atoms with E-state index in [9.17, 15) is 4.79 Å². The van der Waals surface area contributed by atoms with Crippen molar-refractivity contribution in [1.29, 1.82) is 0 Å². The van der Waals surface area contributed by atoms with Gasteiger partial charge in [-0.25, -0.2) is 0 Å². The Bertz CT molecular complexity index is 1600. The van der Waals surface area contributed by atoms with Crippen molar-refractivity contribution >= 4 is 34.7 Å². The summed E-state index contributed by atoms with van der Waals surface area (Å²) in [5.74, 6) is 2.04. The lowest BCUT2D eigenvalue weighted by Crippen LogP contribution is -2.41. The number of amides is 1. The number of nitrogens with zero attached hydrogens (tertiary/aromatic N) is 3. The maximum atomic E-state index is 12.2. The van der Waals surface area contributed by atoms with Crippen LogP contribution in [0, 0.1) is 11.8 Å². The topological polar surface area (TPSA) is 115 Å². The van der Waals surface area contributed by atoms with Gasteiger partial charge in [-0.3, -0.25) is 19.8 Å². The van der Waals surface area contributed by atoms with Crippen LogP contribution in [-0.4, -0.2) is 49.9 Å². The molecule has 0 saturated carbocycles. The highest BCUT2D eigenvalue weighted by molar-refractivity contribution is 6.05. The first kappa shape index (κ1) is 33.1. The smallest absolute Gasteiger partial charge is 0.250 e. The summed E-state index contributed by atoms with van der Waals surface area (Å²) in [5.41, 5.74) is 5.20. The molecule has 0 bridgehead atoms. The molecule has 0 radical (unpaired) electrons. The lowest BCUT2D eigenvalue weighted by Gasteiger charge is -2.23. The molecule has 9 nitrogen and oxygen atoms in total. The van der Waals surface area contributed by atoms with Crippen molar-refractivity contribution in [2.75, 3.05) is 32.0 Å². The van der Waals surface area contributed by atoms with E-state index in [1.165, 1.54) is 0 Å². The number of carbonyl (C=O) groups excluding carboxylic acids is 1. The van der Waals surface area contributed by atoms with Crippen molar-refractivity contribution in [2.45, 2.75) is 40.2 Å². The van der Waals surface area contributed by atoms with Crippen LogP contribution < -0.4 is 26.6 Å². The summed E-state index contributed by atoms with van der Waals surface area (Å²) in [6.45, 7) is 17.2. The molecule has 0 unspecified atom stereocenters. The fourth-order valence-electron chi connectivity index (χ4n) is 5.29. The third-order valence-corrected chi connectivity index (χ3v) is 7.81. The highest BCUT2D eigenvalue weighted by atomic mass is 16.1. The molecule has 2 aromatic carbocycles. The summed E-state index contributed by atoms with van der Waals surface area (Å²) in [5, 5.41) is 18.7. The van der Waals surface area contributed by atoms with E-state index in [1.807, 2.05) is 42.5 Å². The Morgan fingerprint density at radius 3 is 2.64 bits per heavy atom. The van der Waals surface area contributed by atoms with Gasteiger partial charge < -0.3 is 26.6 Å². The first-order chi connectivity index (χ1) is 21.8. The average molecular weight is 607 g/mol. The molecule has 1 fully saturated rings. The van der Waals surface area contributed by atoms with Crippen LogP contribution in [0.2, 0.25) is 0 Å². The zero-order valence-electron chi connectivity index (χ0n) is 26.9. The van der Waals surface area contributed by atoms with Gasteiger partial charge in [0.2, 0.25) is 5.96 Å². The van der Waals surface area contributed by atoms with Crippen LogP contribution in [-0.2, 0) is 11.3 Å². The first-order valence-corrected chi connectivity index (χ1v) is 15.5. The summed E-state index contributed by atoms with van der Waals surface area (Å²) >= 11 is 0. The summed E-state index contributed by atoms with van der Waals surface area (Å²) in [4.78, 5) is 26.0. The molecule has 1 saturated heterocycles. The minimum absolute atomic E-state index is 0.200. The number of piperidine rings is 1. The maximum Gasteiger partial charge on any atom is 0.250 e. The lowest BCUT2D eigenvalue weighted by molar-refractivity contribution is -0.112. The van der Waals surface area contributed by atoms with Gasteiger partial charge in [0.25, 0.3) is 5.91 Å². The number of carbonyl (C=O) groups is 1. The van der Waals surface area contributed by atoms with E-state index in [0.717, 1.165) is 71.5 Å². The number of fused-ring (bicyclic) bond motifs is 1. The molecule has 1 aliphatic rings. The van der Waals surface area contributed by atoms with Gasteiger partial charge in [-0.2, -0.15) is 0 Å². The highest BCUT2D eigenvalue weighted by Crippen LogP contribution is 2.31. The maximum absolute atomic E-state index is 12.2. The first-order valence-electron chi connectivity index (χ1n) is 15.5.